The van der Waals surface area contributed by atoms with Gasteiger partial charge >= 0.3 is 0 Å². The molecule has 0 saturated carbocycles. The molecule has 1 aromatic heterocycles. The van der Waals surface area contributed by atoms with E-state index in [2.05, 4.69) is 9.97 Å². The average molecular weight is 177 g/mol. The molecular formula is C9H8FN3. The van der Waals surface area contributed by atoms with Crippen molar-refractivity contribution >= 4 is 16.6 Å². The minimum absolute atomic E-state index is 0.130. The van der Waals surface area contributed by atoms with E-state index in [1.807, 2.05) is 6.92 Å². The van der Waals surface area contributed by atoms with E-state index in [-0.39, 0.29) is 5.69 Å². The van der Waals surface area contributed by atoms with E-state index in [9.17, 15) is 4.39 Å². The standard InChI is InChI=1S/C9H8FN3/c1-5-6-2-8(11)7(10)3-9(6)13-4-12-5/h2-4H,11H2,1H3. The number of anilines is 1. The van der Waals surface area contributed by atoms with Crippen LogP contribution in [0.4, 0.5) is 10.1 Å². The summed E-state index contributed by atoms with van der Waals surface area (Å²) in [5.41, 5.74) is 6.94. The van der Waals surface area contributed by atoms with Gasteiger partial charge in [-0.15, -0.1) is 0 Å². The summed E-state index contributed by atoms with van der Waals surface area (Å²) in [6.45, 7) is 1.83. The Kier molecular flexibility index (Phi) is 1.62. The maximum absolute atomic E-state index is 13.0. The molecular weight excluding hydrogens is 169 g/mol. The lowest BCUT2D eigenvalue weighted by atomic mass is 10.2. The average Bonchev–Trinajstić information content (AvgIpc) is 2.09. The van der Waals surface area contributed by atoms with Gasteiger partial charge in [-0.05, 0) is 13.0 Å². The second-order valence-corrected chi connectivity index (χ2v) is 2.85. The van der Waals surface area contributed by atoms with E-state index < -0.39 is 5.82 Å². The van der Waals surface area contributed by atoms with Gasteiger partial charge in [0.2, 0.25) is 0 Å². The minimum atomic E-state index is -0.439. The molecule has 0 spiro atoms. The highest BCUT2D eigenvalue weighted by molar-refractivity contribution is 5.83. The van der Waals surface area contributed by atoms with Crippen LogP contribution in [0, 0.1) is 12.7 Å². The first-order valence-corrected chi connectivity index (χ1v) is 3.85. The highest BCUT2D eigenvalue weighted by Gasteiger charge is 2.04. The van der Waals surface area contributed by atoms with Crippen molar-refractivity contribution in [1.29, 1.82) is 0 Å². The van der Waals surface area contributed by atoms with E-state index in [1.165, 1.54) is 12.4 Å². The maximum Gasteiger partial charge on any atom is 0.148 e. The molecule has 3 nitrogen and oxygen atoms in total. The van der Waals surface area contributed by atoms with Gasteiger partial charge in [-0.25, -0.2) is 14.4 Å². The molecule has 2 rings (SSSR count). The van der Waals surface area contributed by atoms with Crippen molar-refractivity contribution in [2.75, 3.05) is 5.73 Å². The molecule has 0 radical (unpaired) electrons. The first kappa shape index (κ1) is 7.91. The maximum atomic E-state index is 13.0. The van der Waals surface area contributed by atoms with Crippen LogP contribution in [-0.2, 0) is 0 Å². The summed E-state index contributed by atoms with van der Waals surface area (Å²) in [4.78, 5) is 7.93. The van der Waals surface area contributed by atoms with Gasteiger partial charge < -0.3 is 5.73 Å². The van der Waals surface area contributed by atoms with Gasteiger partial charge in [-0.1, -0.05) is 0 Å². The second-order valence-electron chi connectivity index (χ2n) is 2.85. The van der Waals surface area contributed by atoms with E-state index in [0.717, 1.165) is 11.1 Å². The lowest BCUT2D eigenvalue weighted by molar-refractivity contribution is 0.634. The molecule has 13 heavy (non-hydrogen) atoms. The van der Waals surface area contributed by atoms with Crippen LogP contribution in [0.15, 0.2) is 18.5 Å². The van der Waals surface area contributed by atoms with Gasteiger partial charge in [-0.3, -0.25) is 0 Å². The fourth-order valence-corrected chi connectivity index (χ4v) is 1.22. The molecule has 0 atom stereocenters. The zero-order valence-electron chi connectivity index (χ0n) is 7.08. The third-order valence-corrected chi connectivity index (χ3v) is 1.95. The van der Waals surface area contributed by atoms with E-state index in [1.54, 1.807) is 6.07 Å². The Balaban J connectivity index is 2.89. The molecule has 0 aliphatic heterocycles. The Hall–Kier alpha value is -1.71. The number of hydrogen-bond acceptors (Lipinski definition) is 3. The van der Waals surface area contributed by atoms with Crippen LogP contribution in [0.1, 0.15) is 5.69 Å². The summed E-state index contributed by atoms with van der Waals surface area (Å²) in [5.74, 6) is -0.439. The summed E-state index contributed by atoms with van der Waals surface area (Å²) in [6, 6.07) is 2.87. The van der Waals surface area contributed by atoms with Crippen LogP contribution in [0.3, 0.4) is 0 Å². The fourth-order valence-electron chi connectivity index (χ4n) is 1.22. The molecule has 0 amide bonds. The smallest absolute Gasteiger partial charge is 0.148 e. The zero-order chi connectivity index (χ0) is 9.42. The first-order chi connectivity index (χ1) is 6.18. The molecule has 0 aliphatic carbocycles. The highest BCUT2D eigenvalue weighted by Crippen LogP contribution is 2.20. The predicted molar refractivity (Wildman–Crippen MR) is 48.6 cm³/mol. The normalized spacial score (nSPS) is 10.6. The molecule has 1 heterocycles. The number of nitrogens with zero attached hydrogens (tertiary/aromatic N) is 2. The van der Waals surface area contributed by atoms with Crippen molar-refractivity contribution in [1.82, 2.24) is 9.97 Å². The molecule has 1 aromatic carbocycles. The van der Waals surface area contributed by atoms with Crippen molar-refractivity contribution in [2.45, 2.75) is 6.92 Å². The number of hydrogen-bond donors (Lipinski definition) is 1. The predicted octanol–water partition coefficient (Wildman–Crippen LogP) is 1.66. The first-order valence-electron chi connectivity index (χ1n) is 3.85. The lowest BCUT2D eigenvalue weighted by Crippen LogP contribution is -1.94. The Labute approximate surface area is 74.4 Å². The Bertz CT molecular complexity index is 468. The van der Waals surface area contributed by atoms with Crippen LogP contribution < -0.4 is 5.73 Å². The molecule has 4 heteroatoms. The molecule has 0 saturated heterocycles. The zero-order valence-corrected chi connectivity index (χ0v) is 7.08. The van der Waals surface area contributed by atoms with Crippen molar-refractivity contribution in [2.24, 2.45) is 0 Å². The molecule has 0 unspecified atom stereocenters. The van der Waals surface area contributed by atoms with Crippen molar-refractivity contribution in [3.05, 3.63) is 30.0 Å². The Morgan fingerprint density at radius 3 is 2.85 bits per heavy atom. The van der Waals surface area contributed by atoms with Gasteiger partial charge in [0, 0.05) is 17.1 Å². The topological polar surface area (TPSA) is 51.8 Å². The number of nitrogen functional groups attached to an aromatic ring is 1. The summed E-state index contributed by atoms with van der Waals surface area (Å²) in [7, 11) is 0. The van der Waals surface area contributed by atoms with Crippen LogP contribution in [0.2, 0.25) is 0 Å². The molecule has 0 fully saturated rings. The van der Waals surface area contributed by atoms with E-state index >= 15 is 0 Å². The van der Waals surface area contributed by atoms with Crippen molar-refractivity contribution in [3.8, 4) is 0 Å². The number of aryl methyl sites for hydroxylation is 1. The van der Waals surface area contributed by atoms with Gasteiger partial charge in [-0.2, -0.15) is 0 Å². The van der Waals surface area contributed by atoms with Crippen molar-refractivity contribution < 1.29 is 4.39 Å². The number of rotatable bonds is 0. The van der Waals surface area contributed by atoms with Crippen LogP contribution in [-0.4, -0.2) is 9.97 Å². The van der Waals surface area contributed by atoms with Gasteiger partial charge in [0.05, 0.1) is 11.2 Å². The van der Waals surface area contributed by atoms with Crippen molar-refractivity contribution in [3.63, 3.8) is 0 Å². The lowest BCUT2D eigenvalue weighted by Gasteiger charge is -2.01. The Morgan fingerprint density at radius 2 is 2.08 bits per heavy atom. The molecule has 0 aliphatic rings. The molecule has 2 N–H and O–H groups in total. The fraction of sp³-hybridized carbons (Fsp3) is 0.111. The Morgan fingerprint density at radius 1 is 1.31 bits per heavy atom. The second kappa shape index (κ2) is 2.65. The number of halogens is 1. The third-order valence-electron chi connectivity index (χ3n) is 1.95. The summed E-state index contributed by atoms with van der Waals surface area (Å²) in [6.07, 6.45) is 1.41. The third kappa shape index (κ3) is 1.20. The SMILES string of the molecule is Cc1ncnc2cc(F)c(N)cc12. The highest BCUT2D eigenvalue weighted by atomic mass is 19.1. The van der Waals surface area contributed by atoms with Crippen LogP contribution in [0.25, 0.3) is 10.9 Å². The number of nitrogens with two attached hydrogens (primary N) is 1. The minimum Gasteiger partial charge on any atom is -0.396 e. The molecule has 0 bridgehead atoms. The monoisotopic (exact) mass is 177 g/mol. The summed E-state index contributed by atoms with van der Waals surface area (Å²) in [5, 5.41) is 0.793. The number of aromatic nitrogens is 2. The van der Waals surface area contributed by atoms with Gasteiger partial charge in [0.15, 0.2) is 0 Å². The van der Waals surface area contributed by atoms with E-state index in [4.69, 9.17) is 5.73 Å². The quantitative estimate of drug-likeness (QED) is 0.622. The van der Waals surface area contributed by atoms with Crippen LogP contribution in [0.5, 0.6) is 0 Å². The summed E-state index contributed by atoms with van der Waals surface area (Å²) >= 11 is 0. The molecule has 66 valence electrons. The summed E-state index contributed by atoms with van der Waals surface area (Å²) < 4.78 is 13.0. The van der Waals surface area contributed by atoms with E-state index in [0.29, 0.717) is 5.52 Å². The van der Waals surface area contributed by atoms with Gasteiger partial charge in [0.1, 0.15) is 12.1 Å². The number of benzene rings is 1. The van der Waals surface area contributed by atoms with Crippen LogP contribution >= 0.6 is 0 Å². The van der Waals surface area contributed by atoms with Gasteiger partial charge in [0.25, 0.3) is 0 Å². The molecule has 2 aromatic rings. The number of fused-ring (bicyclic) bond motifs is 1. The largest absolute Gasteiger partial charge is 0.396 e.